The van der Waals surface area contributed by atoms with Crippen molar-refractivity contribution < 1.29 is 19.1 Å². The molecule has 0 saturated carbocycles. The van der Waals surface area contributed by atoms with Crippen molar-refractivity contribution in [2.45, 2.75) is 52.9 Å². The van der Waals surface area contributed by atoms with Crippen molar-refractivity contribution in [1.29, 1.82) is 0 Å². The summed E-state index contributed by atoms with van der Waals surface area (Å²) in [6, 6.07) is 9.19. The first-order valence-corrected chi connectivity index (χ1v) is 12.9. The summed E-state index contributed by atoms with van der Waals surface area (Å²) in [7, 11) is 1.60. The van der Waals surface area contributed by atoms with Gasteiger partial charge in [-0.25, -0.2) is 4.79 Å². The van der Waals surface area contributed by atoms with E-state index in [1.165, 1.54) is 0 Å². The van der Waals surface area contributed by atoms with E-state index in [0.29, 0.717) is 60.3 Å². The Balaban J connectivity index is 2.45. The Morgan fingerprint density at radius 2 is 1.84 bits per heavy atom. The molecule has 2 aliphatic rings. The highest BCUT2D eigenvalue weighted by molar-refractivity contribution is 6.10. The summed E-state index contributed by atoms with van der Waals surface area (Å²) in [6.07, 6.45) is 8.43. The number of benzene rings is 1. The number of esters is 1. The van der Waals surface area contributed by atoms with Crippen LogP contribution in [0.15, 0.2) is 103 Å². The van der Waals surface area contributed by atoms with E-state index in [0.717, 1.165) is 5.57 Å². The van der Waals surface area contributed by atoms with Gasteiger partial charge < -0.3 is 9.47 Å². The minimum atomic E-state index is -0.823. The second kappa shape index (κ2) is 11.3. The summed E-state index contributed by atoms with van der Waals surface area (Å²) in [5.41, 5.74) is 1.14. The van der Waals surface area contributed by atoms with Crippen molar-refractivity contribution in [2.24, 2.45) is 22.7 Å². The summed E-state index contributed by atoms with van der Waals surface area (Å²) in [6.45, 7) is 22.2. The number of rotatable bonds is 12. The van der Waals surface area contributed by atoms with Crippen LogP contribution in [0.25, 0.3) is 0 Å². The topological polar surface area (TPSA) is 52.6 Å². The van der Waals surface area contributed by atoms with Crippen molar-refractivity contribution in [3.63, 3.8) is 0 Å². The standard InChI is InChI=1S/C33H40O4/c1-9-15-24(22(4)5)20-33-21-25(16-10-2)32(6,7)27(28(34)23-18-13-12-14-19-23)30(33)37-31(35)26(17-11-3)29(33)36-8/h9-14,18-19,24-25H,1-4,15-17,20-21H2,5-8H3/t24-,25+,33-/m0/s1. The molecule has 0 spiro atoms. The maximum Gasteiger partial charge on any atom is 0.342 e. The first-order chi connectivity index (χ1) is 17.6. The zero-order valence-electron chi connectivity index (χ0n) is 22.8. The minimum absolute atomic E-state index is 0.0536. The molecule has 1 aliphatic heterocycles. The molecule has 0 aromatic heterocycles. The number of hydrogen-bond donors (Lipinski definition) is 0. The Morgan fingerprint density at radius 1 is 1.16 bits per heavy atom. The Kier molecular flexibility index (Phi) is 8.63. The predicted octanol–water partition coefficient (Wildman–Crippen LogP) is 7.92. The summed E-state index contributed by atoms with van der Waals surface area (Å²) < 4.78 is 12.3. The Hall–Kier alpha value is -3.40. The monoisotopic (exact) mass is 500 g/mol. The van der Waals surface area contributed by atoms with Crippen LogP contribution in [-0.4, -0.2) is 18.9 Å². The molecule has 0 amide bonds. The molecule has 0 bridgehead atoms. The van der Waals surface area contributed by atoms with E-state index in [1.54, 1.807) is 25.3 Å². The Bertz CT molecular complexity index is 1160. The smallest absolute Gasteiger partial charge is 0.342 e. The zero-order chi connectivity index (χ0) is 27.4. The first kappa shape index (κ1) is 28.2. The first-order valence-electron chi connectivity index (χ1n) is 12.9. The molecule has 4 heteroatoms. The normalized spacial score (nSPS) is 23.5. The second-order valence-corrected chi connectivity index (χ2v) is 10.8. The molecule has 1 aromatic rings. The molecule has 0 fully saturated rings. The van der Waals surface area contributed by atoms with Gasteiger partial charge in [0, 0.05) is 23.0 Å². The van der Waals surface area contributed by atoms with Gasteiger partial charge in [-0.3, -0.25) is 4.79 Å². The van der Waals surface area contributed by atoms with Gasteiger partial charge in [-0.1, -0.05) is 74.6 Å². The van der Waals surface area contributed by atoms with E-state index in [-0.39, 0.29) is 17.6 Å². The van der Waals surface area contributed by atoms with Crippen molar-refractivity contribution in [3.05, 3.63) is 109 Å². The average molecular weight is 501 g/mol. The van der Waals surface area contributed by atoms with Crippen molar-refractivity contribution in [1.82, 2.24) is 0 Å². The number of methoxy groups -OCH3 is 1. The van der Waals surface area contributed by atoms with Crippen LogP contribution in [0.5, 0.6) is 0 Å². The molecular weight excluding hydrogens is 460 g/mol. The second-order valence-electron chi connectivity index (χ2n) is 10.8. The lowest BCUT2D eigenvalue weighted by molar-refractivity contribution is -0.141. The molecule has 3 atom stereocenters. The number of Topliss-reactive ketones (excluding diaryl/α,β-unsaturated/α-hetero) is 1. The molecule has 4 nitrogen and oxygen atoms in total. The highest BCUT2D eigenvalue weighted by Gasteiger charge is 2.59. The molecule has 1 aromatic carbocycles. The van der Waals surface area contributed by atoms with Gasteiger partial charge in [0.25, 0.3) is 0 Å². The fraction of sp³-hybridized carbons (Fsp3) is 0.394. The third-order valence-corrected chi connectivity index (χ3v) is 8.08. The highest BCUT2D eigenvalue weighted by Crippen LogP contribution is 2.62. The summed E-state index contributed by atoms with van der Waals surface area (Å²) >= 11 is 0. The van der Waals surface area contributed by atoms with Crippen molar-refractivity contribution in [3.8, 4) is 0 Å². The van der Waals surface area contributed by atoms with Gasteiger partial charge in [0.15, 0.2) is 5.78 Å². The van der Waals surface area contributed by atoms with Crippen LogP contribution in [0, 0.1) is 22.7 Å². The molecule has 0 N–H and O–H groups in total. The molecule has 0 saturated heterocycles. The van der Waals surface area contributed by atoms with Gasteiger partial charge in [-0.05, 0) is 44.4 Å². The number of ether oxygens (including phenoxy) is 2. The number of carbonyl (C=O) groups is 2. The maximum absolute atomic E-state index is 14.2. The van der Waals surface area contributed by atoms with Crippen LogP contribution in [0.2, 0.25) is 0 Å². The van der Waals surface area contributed by atoms with Gasteiger partial charge in [0.1, 0.15) is 11.5 Å². The SMILES string of the molecule is C=CCC1=C(OC)[C@]2(C[C@H](CC=C)C(=C)C)C[C@@H](CC=C)C(C)(C)C(C(=O)c3ccccc3)=C2OC1=O. The van der Waals surface area contributed by atoms with E-state index >= 15 is 0 Å². The highest BCUT2D eigenvalue weighted by atomic mass is 16.5. The number of allylic oxidation sites excluding steroid dienone is 5. The van der Waals surface area contributed by atoms with Crippen LogP contribution < -0.4 is 0 Å². The number of fused-ring (bicyclic) bond motifs is 1. The van der Waals surface area contributed by atoms with E-state index < -0.39 is 16.8 Å². The molecular formula is C33H40O4. The lowest BCUT2D eigenvalue weighted by atomic mass is 9.53. The molecule has 0 unspecified atom stereocenters. The largest absolute Gasteiger partial charge is 0.499 e. The quantitative estimate of drug-likeness (QED) is 0.166. The molecule has 1 aliphatic carbocycles. The van der Waals surface area contributed by atoms with E-state index in [1.807, 2.05) is 37.3 Å². The number of carbonyl (C=O) groups excluding carboxylic acids is 2. The Labute approximate surface area is 222 Å². The van der Waals surface area contributed by atoms with Crippen LogP contribution in [0.1, 0.15) is 63.2 Å². The minimum Gasteiger partial charge on any atom is -0.499 e. The molecule has 1 heterocycles. The van der Waals surface area contributed by atoms with Crippen molar-refractivity contribution >= 4 is 11.8 Å². The van der Waals surface area contributed by atoms with Gasteiger partial charge in [0.2, 0.25) is 0 Å². The summed E-state index contributed by atoms with van der Waals surface area (Å²) in [5, 5.41) is 0. The summed E-state index contributed by atoms with van der Waals surface area (Å²) in [5.74, 6) is 0.462. The Morgan fingerprint density at radius 3 is 2.38 bits per heavy atom. The van der Waals surface area contributed by atoms with E-state index in [9.17, 15) is 9.59 Å². The number of ketones is 1. The van der Waals surface area contributed by atoms with Gasteiger partial charge in [-0.2, -0.15) is 0 Å². The molecule has 196 valence electrons. The van der Waals surface area contributed by atoms with E-state index in [2.05, 4.69) is 40.2 Å². The van der Waals surface area contributed by atoms with E-state index in [4.69, 9.17) is 9.47 Å². The maximum atomic E-state index is 14.2. The lowest BCUT2D eigenvalue weighted by Gasteiger charge is -2.52. The lowest BCUT2D eigenvalue weighted by Crippen LogP contribution is -2.49. The number of hydrogen-bond acceptors (Lipinski definition) is 4. The molecule has 3 rings (SSSR count). The fourth-order valence-electron chi connectivity index (χ4n) is 6.08. The van der Waals surface area contributed by atoms with Gasteiger partial charge in [-0.15, -0.1) is 19.7 Å². The third-order valence-electron chi connectivity index (χ3n) is 8.08. The summed E-state index contributed by atoms with van der Waals surface area (Å²) in [4.78, 5) is 27.7. The van der Waals surface area contributed by atoms with Gasteiger partial charge >= 0.3 is 5.97 Å². The van der Waals surface area contributed by atoms with Gasteiger partial charge in [0.05, 0.1) is 18.1 Å². The zero-order valence-corrected chi connectivity index (χ0v) is 22.8. The predicted molar refractivity (Wildman–Crippen MR) is 150 cm³/mol. The van der Waals surface area contributed by atoms with Crippen LogP contribution >= 0.6 is 0 Å². The third kappa shape index (κ3) is 5.07. The molecule has 0 radical (unpaired) electrons. The van der Waals surface area contributed by atoms with Crippen molar-refractivity contribution in [2.75, 3.05) is 7.11 Å². The average Bonchev–Trinajstić information content (AvgIpc) is 2.86. The van der Waals surface area contributed by atoms with Crippen LogP contribution in [0.4, 0.5) is 0 Å². The molecule has 37 heavy (non-hydrogen) atoms. The fourth-order valence-corrected chi connectivity index (χ4v) is 6.08. The van der Waals surface area contributed by atoms with Crippen LogP contribution in [0.3, 0.4) is 0 Å². The van der Waals surface area contributed by atoms with Crippen LogP contribution in [-0.2, 0) is 14.3 Å².